The summed E-state index contributed by atoms with van der Waals surface area (Å²) in [6.45, 7) is 0. The first-order valence-electron chi connectivity index (χ1n) is 1.65. The van der Waals surface area contributed by atoms with Crippen molar-refractivity contribution >= 4 is 23.1 Å². The molecule has 0 aliphatic heterocycles. The van der Waals surface area contributed by atoms with Crippen molar-refractivity contribution in [3.63, 3.8) is 0 Å². The van der Waals surface area contributed by atoms with Gasteiger partial charge in [0.25, 0.3) is 0 Å². The van der Waals surface area contributed by atoms with Gasteiger partial charge in [0.2, 0.25) is 0 Å². The van der Waals surface area contributed by atoms with Crippen LogP contribution in [0.25, 0.3) is 0 Å². The van der Waals surface area contributed by atoms with E-state index in [2.05, 4.69) is 12.2 Å². The van der Waals surface area contributed by atoms with Gasteiger partial charge in [-0.15, -0.1) is 0 Å². The molecule has 0 aromatic rings. The van der Waals surface area contributed by atoms with E-state index in [4.69, 9.17) is 0 Å². The molecule has 0 saturated heterocycles. The largest absolute Gasteiger partial charge is 2.00 e. The molecule has 1 aliphatic carbocycles. The molecule has 0 saturated carbocycles. The Labute approximate surface area is 81.4 Å². The van der Waals surface area contributed by atoms with Gasteiger partial charge in [-0.2, -0.15) is 0 Å². The predicted molar refractivity (Wildman–Crippen MR) is 24.1 cm³/mol. The summed E-state index contributed by atoms with van der Waals surface area (Å²) in [7, 11) is 0. The van der Waals surface area contributed by atoms with Gasteiger partial charge in [0.15, 0.2) is 0 Å². The Balaban J connectivity index is -0.0000000533. The molecule has 0 heterocycles. The standard InChI is InChI=1S/C4H6.2BrH.Mg/c1-2-4-3-1;;;/h1-2H,3-4H2;2*1H;/q;;;+2/p-2. The fourth-order valence-corrected chi connectivity index (χ4v) is 0.167. The minimum absolute atomic E-state index is 0. The van der Waals surface area contributed by atoms with Crippen LogP contribution in [0.1, 0.15) is 12.8 Å². The molecule has 1 aliphatic rings. The first kappa shape index (κ1) is 15.8. The van der Waals surface area contributed by atoms with Gasteiger partial charge < -0.3 is 34.0 Å². The molecule has 0 spiro atoms. The van der Waals surface area contributed by atoms with Gasteiger partial charge in [-0.25, -0.2) is 0 Å². The maximum absolute atomic E-state index is 2.18. The first-order valence-corrected chi connectivity index (χ1v) is 1.65. The normalized spacial score (nSPS) is 11.4. The average Bonchev–Trinajstić information content (AvgIpc) is 0.722. The molecule has 1 rings (SSSR count). The van der Waals surface area contributed by atoms with E-state index in [0.717, 1.165) is 0 Å². The molecular weight excluding hydrogens is 232 g/mol. The fraction of sp³-hybridized carbons (Fsp3) is 0.500. The van der Waals surface area contributed by atoms with E-state index >= 15 is 0 Å². The maximum Gasteiger partial charge on any atom is 2.00 e. The van der Waals surface area contributed by atoms with Crippen molar-refractivity contribution in [2.24, 2.45) is 0 Å². The van der Waals surface area contributed by atoms with E-state index in [-0.39, 0.29) is 57.0 Å². The van der Waals surface area contributed by atoms with Crippen LogP contribution in [-0.4, -0.2) is 23.1 Å². The number of hydrogen-bond donors (Lipinski definition) is 0. The van der Waals surface area contributed by atoms with Gasteiger partial charge in [-0.3, -0.25) is 0 Å². The summed E-state index contributed by atoms with van der Waals surface area (Å²) in [5, 5.41) is 0. The molecule has 0 aromatic carbocycles. The van der Waals surface area contributed by atoms with E-state index in [0.29, 0.717) is 0 Å². The molecule has 0 atom stereocenters. The van der Waals surface area contributed by atoms with Crippen molar-refractivity contribution in [3.05, 3.63) is 12.2 Å². The van der Waals surface area contributed by atoms with Crippen LogP contribution in [0.4, 0.5) is 0 Å². The molecule has 38 valence electrons. The van der Waals surface area contributed by atoms with E-state index in [1.165, 1.54) is 12.8 Å². The SMILES string of the molecule is C1=CCC1.[Br-].[Br-].[Mg+2]. The second kappa shape index (κ2) is 10.4. The molecule has 0 fully saturated rings. The molecule has 0 unspecified atom stereocenters. The minimum atomic E-state index is 0. The van der Waals surface area contributed by atoms with E-state index in [1.807, 2.05) is 0 Å². The Hall–Kier alpha value is 1.47. The number of halogens is 2. The third kappa shape index (κ3) is 7.47. The Morgan fingerprint density at radius 1 is 0.857 bits per heavy atom. The summed E-state index contributed by atoms with van der Waals surface area (Å²) in [6, 6.07) is 0. The van der Waals surface area contributed by atoms with Crippen LogP contribution in [0.5, 0.6) is 0 Å². The van der Waals surface area contributed by atoms with Crippen LogP contribution in [0.2, 0.25) is 0 Å². The van der Waals surface area contributed by atoms with Gasteiger partial charge >= 0.3 is 23.1 Å². The zero-order chi connectivity index (χ0) is 2.83. The Kier molecular flexibility index (Phi) is 23.6. The Bertz CT molecular complexity index is 39.0. The molecule has 0 nitrogen and oxygen atoms in total. The van der Waals surface area contributed by atoms with Crippen molar-refractivity contribution in [2.75, 3.05) is 0 Å². The van der Waals surface area contributed by atoms with Crippen LogP contribution in [0.3, 0.4) is 0 Å². The van der Waals surface area contributed by atoms with Crippen molar-refractivity contribution < 1.29 is 34.0 Å². The topological polar surface area (TPSA) is 0 Å². The predicted octanol–water partition coefficient (Wildman–Crippen LogP) is -5.04. The third-order valence-electron chi connectivity index (χ3n) is 0.667. The molecule has 0 aromatic heterocycles. The van der Waals surface area contributed by atoms with Crippen molar-refractivity contribution in [3.8, 4) is 0 Å². The summed E-state index contributed by atoms with van der Waals surface area (Å²) in [4.78, 5) is 0. The summed E-state index contributed by atoms with van der Waals surface area (Å²) >= 11 is 0. The zero-order valence-electron chi connectivity index (χ0n) is 4.03. The zero-order valence-corrected chi connectivity index (χ0v) is 8.62. The van der Waals surface area contributed by atoms with E-state index < -0.39 is 0 Å². The van der Waals surface area contributed by atoms with Gasteiger partial charge in [0.1, 0.15) is 0 Å². The Morgan fingerprint density at radius 3 is 1.00 bits per heavy atom. The van der Waals surface area contributed by atoms with E-state index in [9.17, 15) is 0 Å². The fourth-order valence-electron chi connectivity index (χ4n) is 0.167. The molecule has 0 bridgehead atoms. The quantitative estimate of drug-likeness (QED) is 0.293. The molecule has 7 heavy (non-hydrogen) atoms. The number of rotatable bonds is 0. The van der Waals surface area contributed by atoms with Gasteiger partial charge in [0, 0.05) is 0 Å². The maximum atomic E-state index is 2.18. The second-order valence-corrected chi connectivity index (χ2v) is 1.05. The average molecular weight is 238 g/mol. The van der Waals surface area contributed by atoms with E-state index in [1.54, 1.807) is 0 Å². The Morgan fingerprint density at radius 2 is 1.00 bits per heavy atom. The van der Waals surface area contributed by atoms with Crippen LogP contribution in [-0.2, 0) is 0 Å². The molecule has 3 heteroatoms. The monoisotopic (exact) mass is 236 g/mol. The van der Waals surface area contributed by atoms with Crippen molar-refractivity contribution in [1.82, 2.24) is 0 Å². The summed E-state index contributed by atoms with van der Waals surface area (Å²) in [5.74, 6) is 0. The number of allylic oxidation sites excluding steroid dienone is 2. The summed E-state index contributed by atoms with van der Waals surface area (Å²) in [5.41, 5.74) is 0. The van der Waals surface area contributed by atoms with Crippen LogP contribution < -0.4 is 34.0 Å². The molecule has 0 radical (unpaired) electrons. The van der Waals surface area contributed by atoms with Gasteiger partial charge in [-0.05, 0) is 12.8 Å². The second-order valence-electron chi connectivity index (χ2n) is 1.05. The minimum Gasteiger partial charge on any atom is -1.00 e. The third-order valence-corrected chi connectivity index (χ3v) is 0.667. The summed E-state index contributed by atoms with van der Waals surface area (Å²) in [6.07, 6.45) is 7.00. The van der Waals surface area contributed by atoms with Crippen LogP contribution in [0.15, 0.2) is 12.2 Å². The summed E-state index contributed by atoms with van der Waals surface area (Å²) < 4.78 is 0. The first-order chi connectivity index (χ1) is 2.00. The van der Waals surface area contributed by atoms with Crippen molar-refractivity contribution in [2.45, 2.75) is 12.8 Å². The number of hydrogen-bond acceptors (Lipinski definition) is 0. The van der Waals surface area contributed by atoms with Crippen LogP contribution in [0, 0.1) is 0 Å². The van der Waals surface area contributed by atoms with Gasteiger partial charge in [-0.1, -0.05) is 12.2 Å². The molecular formula is C4H6Br2Mg. The smallest absolute Gasteiger partial charge is 1.00 e. The molecule has 0 N–H and O–H groups in total. The molecule has 0 amide bonds. The van der Waals surface area contributed by atoms with Crippen LogP contribution >= 0.6 is 0 Å². The van der Waals surface area contributed by atoms with Gasteiger partial charge in [0.05, 0.1) is 0 Å². The van der Waals surface area contributed by atoms with Crippen molar-refractivity contribution in [1.29, 1.82) is 0 Å².